The molecule has 1 aromatic rings. The average Bonchev–Trinajstić information content (AvgIpc) is 2.61. The van der Waals surface area contributed by atoms with Crippen molar-refractivity contribution >= 4 is 11.8 Å². The SMILES string of the molecule is CCCC(ONC(=O)N(O)CC1C=CC(C)=CC1=O)c1ncccn1. The molecular formula is C17H22N4O4. The van der Waals surface area contributed by atoms with Gasteiger partial charge in [0.05, 0.1) is 12.5 Å². The number of allylic oxidation sites excluding steroid dienone is 3. The smallest absolute Gasteiger partial charge is 0.294 e. The van der Waals surface area contributed by atoms with E-state index < -0.39 is 18.1 Å². The number of nitrogens with zero attached hydrogens (tertiary/aromatic N) is 3. The molecule has 0 radical (unpaired) electrons. The molecule has 1 aliphatic carbocycles. The average molecular weight is 346 g/mol. The molecular weight excluding hydrogens is 324 g/mol. The molecule has 0 spiro atoms. The van der Waals surface area contributed by atoms with Crippen LogP contribution < -0.4 is 5.48 Å². The number of hydroxylamine groups is 3. The number of ketones is 1. The van der Waals surface area contributed by atoms with Crippen molar-refractivity contribution in [2.75, 3.05) is 6.54 Å². The Bertz CT molecular complexity index is 660. The number of hydrogen-bond donors (Lipinski definition) is 2. The predicted octanol–water partition coefficient (Wildman–Crippen LogP) is 2.35. The van der Waals surface area contributed by atoms with Crippen LogP contribution in [-0.4, -0.2) is 38.6 Å². The van der Waals surface area contributed by atoms with E-state index in [1.165, 1.54) is 6.08 Å². The second kappa shape index (κ2) is 9.05. The quantitative estimate of drug-likeness (QED) is 0.580. The zero-order valence-electron chi connectivity index (χ0n) is 14.3. The van der Waals surface area contributed by atoms with Gasteiger partial charge in [-0.05, 0) is 31.1 Å². The Morgan fingerprint density at radius 2 is 2.16 bits per heavy atom. The topological polar surface area (TPSA) is 105 Å². The lowest BCUT2D eigenvalue weighted by Gasteiger charge is -2.22. The molecule has 0 saturated carbocycles. The lowest BCUT2D eigenvalue weighted by molar-refractivity contribution is -0.122. The van der Waals surface area contributed by atoms with Crippen molar-refractivity contribution in [3.63, 3.8) is 0 Å². The van der Waals surface area contributed by atoms with Crippen molar-refractivity contribution in [3.8, 4) is 0 Å². The van der Waals surface area contributed by atoms with E-state index in [1.54, 1.807) is 37.5 Å². The van der Waals surface area contributed by atoms with Gasteiger partial charge >= 0.3 is 6.03 Å². The monoisotopic (exact) mass is 346 g/mol. The molecule has 0 aliphatic heterocycles. The third-order valence-corrected chi connectivity index (χ3v) is 3.64. The van der Waals surface area contributed by atoms with E-state index in [2.05, 4.69) is 15.4 Å². The van der Waals surface area contributed by atoms with Crippen molar-refractivity contribution in [3.05, 3.63) is 48.1 Å². The fraction of sp³-hybridized carbons (Fsp3) is 0.412. The van der Waals surface area contributed by atoms with E-state index in [9.17, 15) is 14.8 Å². The number of nitrogens with one attached hydrogen (secondary N) is 1. The number of carbonyl (C=O) groups excluding carboxylic acids is 2. The Labute approximate surface area is 146 Å². The first kappa shape index (κ1) is 18.8. The normalized spacial score (nSPS) is 17.8. The minimum absolute atomic E-state index is 0.158. The molecule has 8 heteroatoms. The van der Waals surface area contributed by atoms with Crippen LogP contribution in [0.5, 0.6) is 0 Å². The zero-order valence-corrected chi connectivity index (χ0v) is 14.3. The lowest BCUT2D eigenvalue weighted by atomic mass is 9.96. The molecule has 2 rings (SSSR count). The number of carbonyl (C=O) groups is 2. The molecule has 2 N–H and O–H groups in total. The molecule has 25 heavy (non-hydrogen) atoms. The minimum Gasteiger partial charge on any atom is -0.294 e. The van der Waals surface area contributed by atoms with Gasteiger partial charge in [0.1, 0.15) is 6.10 Å². The van der Waals surface area contributed by atoms with Crippen molar-refractivity contribution in [2.45, 2.75) is 32.8 Å². The van der Waals surface area contributed by atoms with Crippen molar-refractivity contribution in [1.82, 2.24) is 20.5 Å². The van der Waals surface area contributed by atoms with E-state index in [1.807, 2.05) is 6.92 Å². The first-order valence-electron chi connectivity index (χ1n) is 8.10. The van der Waals surface area contributed by atoms with Gasteiger partial charge in [0, 0.05) is 12.4 Å². The number of urea groups is 1. The molecule has 0 bridgehead atoms. The van der Waals surface area contributed by atoms with E-state index in [-0.39, 0.29) is 12.3 Å². The van der Waals surface area contributed by atoms with Crippen LogP contribution >= 0.6 is 0 Å². The van der Waals surface area contributed by atoms with Crippen molar-refractivity contribution in [2.24, 2.45) is 5.92 Å². The van der Waals surface area contributed by atoms with Crippen LogP contribution in [0.3, 0.4) is 0 Å². The molecule has 1 aliphatic rings. The minimum atomic E-state index is -0.857. The van der Waals surface area contributed by atoms with Gasteiger partial charge in [-0.3, -0.25) is 14.8 Å². The Morgan fingerprint density at radius 1 is 1.44 bits per heavy atom. The summed E-state index contributed by atoms with van der Waals surface area (Å²) in [5, 5.41) is 10.3. The molecule has 0 saturated heterocycles. The van der Waals surface area contributed by atoms with Gasteiger partial charge in [0.15, 0.2) is 11.6 Å². The van der Waals surface area contributed by atoms with Gasteiger partial charge in [0.25, 0.3) is 0 Å². The molecule has 2 amide bonds. The van der Waals surface area contributed by atoms with Crippen LogP contribution in [0, 0.1) is 5.92 Å². The van der Waals surface area contributed by atoms with Gasteiger partial charge in [-0.25, -0.2) is 25.3 Å². The van der Waals surface area contributed by atoms with Gasteiger partial charge in [0.2, 0.25) is 0 Å². The van der Waals surface area contributed by atoms with Crippen molar-refractivity contribution in [1.29, 1.82) is 0 Å². The highest BCUT2D eigenvalue weighted by Crippen LogP contribution is 2.18. The summed E-state index contributed by atoms with van der Waals surface area (Å²) in [5.74, 6) is -0.294. The number of hydrogen-bond acceptors (Lipinski definition) is 6. The van der Waals surface area contributed by atoms with E-state index in [4.69, 9.17) is 4.84 Å². The maximum absolute atomic E-state index is 12.0. The lowest BCUT2D eigenvalue weighted by Crippen LogP contribution is -2.42. The fourth-order valence-corrected chi connectivity index (χ4v) is 2.32. The molecule has 0 fully saturated rings. The summed E-state index contributed by atoms with van der Waals surface area (Å²) in [4.78, 5) is 37.4. The number of rotatable bonds is 7. The summed E-state index contributed by atoms with van der Waals surface area (Å²) < 4.78 is 0. The standard InChI is InChI=1S/C17H22N4O4/c1-3-5-15(16-18-8-4-9-19-16)25-20-17(23)21(24)11-13-7-6-12(2)10-14(13)22/h4,6-10,13,15,24H,3,5,11H2,1-2H3,(H,20,23). The maximum Gasteiger partial charge on any atom is 0.365 e. The van der Waals surface area contributed by atoms with Crippen LogP contribution in [0.4, 0.5) is 4.79 Å². The van der Waals surface area contributed by atoms with E-state index >= 15 is 0 Å². The van der Waals surface area contributed by atoms with Crippen LogP contribution in [0.25, 0.3) is 0 Å². The summed E-state index contributed by atoms with van der Waals surface area (Å²) >= 11 is 0. The first-order valence-corrected chi connectivity index (χ1v) is 8.10. The Balaban J connectivity index is 1.88. The summed E-state index contributed by atoms with van der Waals surface area (Å²) in [6.07, 6.45) is 8.97. The van der Waals surface area contributed by atoms with Gasteiger partial charge < -0.3 is 0 Å². The molecule has 8 nitrogen and oxygen atoms in total. The predicted molar refractivity (Wildman–Crippen MR) is 89.2 cm³/mol. The Hall–Kier alpha value is -2.58. The second-order valence-corrected chi connectivity index (χ2v) is 5.75. The highest BCUT2D eigenvalue weighted by molar-refractivity contribution is 5.95. The van der Waals surface area contributed by atoms with Crippen LogP contribution in [-0.2, 0) is 9.63 Å². The largest absolute Gasteiger partial charge is 0.365 e. The van der Waals surface area contributed by atoms with Gasteiger partial charge in [-0.1, -0.05) is 25.5 Å². The number of amides is 2. The van der Waals surface area contributed by atoms with Gasteiger partial charge in [-0.2, -0.15) is 0 Å². The molecule has 2 unspecified atom stereocenters. The van der Waals surface area contributed by atoms with Crippen molar-refractivity contribution < 1.29 is 19.6 Å². The Morgan fingerprint density at radius 3 is 2.80 bits per heavy atom. The molecule has 1 heterocycles. The summed E-state index contributed by atoms with van der Waals surface area (Å²) in [6.45, 7) is 3.62. The Kier molecular flexibility index (Phi) is 6.79. The summed E-state index contributed by atoms with van der Waals surface area (Å²) in [5.41, 5.74) is 3.02. The first-order chi connectivity index (χ1) is 12.0. The van der Waals surface area contributed by atoms with Crippen LogP contribution in [0.15, 0.2) is 42.3 Å². The molecule has 2 atom stereocenters. The molecule has 0 aromatic carbocycles. The third kappa shape index (κ3) is 5.47. The van der Waals surface area contributed by atoms with E-state index in [0.29, 0.717) is 17.3 Å². The summed E-state index contributed by atoms with van der Waals surface area (Å²) in [7, 11) is 0. The third-order valence-electron chi connectivity index (χ3n) is 3.64. The molecule has 134 valence electrons. The highest BCUT2D eigenvalue weighted by Gasteiger charge is 2.23. The fourth-order valence-electron chi connectivity index (χ4n) is 2.32. The second-order valence-electron chi connectivity index (χ2n) is 5.75. The number of aromatic nitrogens is 2. The highest BCUT2D eigenvalue weighted by atomic mass is 16.7. The van der Waals surface area contributed by atoms with E-state index in [0.717, 1.165) is 12.0 Å². The summed E-state index contributed by atoms with van der Waals surface area (Å²) in [6, 6.07) is 0.829. The zero-order chi connectivity index (χ0) is 18.2. The van der Waals surface area contributed by atoms with Gasteiger partial charge in [-0.15, -0.1) is 0 Å². The maximum atomic E-state index is 12.0. The van der Waals surface area contributed by atoms with Crippen LogP contribution in [0.1, 0.15) is 38.6 Å². The van der Waals surface area contributed by atoms with Crippen LogP contribution in [0.2, 0.25) is 0 Å². The molecule has 1 aromatic heterocycles.